The molecule has 8 nitrogen and oxygen atoms in total. The van der Waals surface area contributed by atoms with E-state index in [1.807, 2.05) is 6.07 Å². The molecule has 0 bridgehead atoms. The first-order valence-corrected chi connectivity index (χ1v) is 9.19. The summed E-state index contributed by atoms with van der Waals surface area (Å²) in [5.41, 5.74) is -0.623. The molecule has 23 heavy (non-hydrogen) atoms. The Balaban J connectivity index is 2.47. The number of carbonyl (C=O) groups excluding carboxylic acids is 1. The topological polar surface area (TPSA) is 120 Å². The van der Waals surface area contributed by atoms with Gasteiger partial charge in [-0.15, -0.1) is 0 Å². The molecule has 1 fully saturated rings. The monoisotopic (exact) mass is 347 g/mol. The first-order valence-electron chi connectivity index (χ1n) is 7.54. The number of unbranched alkanes of at least 4 members (excludes halogenated alkanes) is 1. The summed E-state index contributed by atoms with van der Waals surface area (Å²) >= 11 is 0. The van der Waals surface area contributed by atoms with Crippen LogP contribution in [0.4, 0.5) is 4.79 Å². The van der Waals surface area contributed by atoms with E-state index in [0.717, 1.165) is 0 Å². The van der Waals surface area contributed by atoms with Gasteiger partial charge < -0.3 is 14.7 Å². The van der Waals surface area contributed by atoms with Gasteiger partial charge in [0, 0.05) is 25.4 Å². The van der Waals surface area contributed by atoms with Gasteiger partial charge in [0.2, 0.25) is 10.0 Å². The van der Waals surface area contributed by atoms with Crippen molar-refractivity contribution in [2.45, 2.75) is 45.3 Å². The Bertz CT molecular complexity index is 550. The number of carbonyl (C=O) groups is 1. The number of hydrogen-bond donors (Lipinski definition) is 2. The second kappa shape index (κ2) is 7.95. The van der Waals surface area contributed by atoms with Gasteiger partial charge in [0.15, 0.2) is 0 Å². The summed E-state index contributed by atoms with van der Waals surface area (Å²) in [5, 5.41) is 18.4. The van der Waals surface area contributed by atoms with E-state index in [-0.39, 0.29) is 44.1 Å². The van der Waals surface area contributed by atoms with Crippen LogP contribution in [-0.2, 0) is 14.8 Å². The fraction of sp³-hybridized carbons (Fsp3) is 0.857. The second-order valence-corrected chi connectivity index (χ2v) is 8.57. The van der Waals surface area contributed by atoms with Crippen LogP contribution in [0.5, 0.6) is 0 Å². The Morgan fingerprint density at radius 3 is 2.65 bits per heavy atom. The minimum Gasteiger partial charge on any atom is -0.444 e. The molecule has 0 aromatic heterocycles. The molecule has 1 amide bonds. The van der Waals surface area contributed by atoms with Crippen LogP contribution in [0.15, 0.2) is 0 Å². The third-order valence-corrected chi connectivity index (χ3v) is 4.76. The number of ether oxygens (including phenoxy) is 1. The van der Waals surface area contributed by atoms with Crippen LogP contribution in [0.25, 0.3) is 0 Å². The number of hydrogen-bond acceptors (Lipinski definition) is 6. The minimum atomic E-state index is -3.48. The van der Waals surface area contributed by atoms with Gasteiger partial charge in [0.05, 0.1) is 24.5 Å². The number of sulfonamides is 1. The lowest BCUT2D eigenvalue weighted by Crippen LogP contribution is -2.37. The van der Waals surface area contributed by atoms with Crippen LogP contribution in [0, 0.1) is 17.2 Å². The number of nitrogens with zero attached hydrogens (tertiary/aromatic N) is 2. The minimum absolute atomic E-state index is 0.0509. The Hall–Kier alpha value is -1.37. The van der Waals surface area contributed by atoms with Crippen LogP contribution in [-0.4, -0.2) is 61.6 Å². The van der Waals surface area contributed by atoms with Gasteiger partial charge in [-0.1, -0.05) is 0 Å². The van der Waals surface area contributed by atoms with Crippen molar-refractivity contribution in [2.75, 3.05) is 25.4 Å². The largest absolute Gasteiger partial charge is 0.444 e. The van der Waals surface area contributed by atoms with Crippen LogP contribution < -0.4 is 4.72 Å². The summed E-state index contributed by atoms with van der Waals surface area (Å²) in [4.78, 5) is 13.3. The van der Waals surface area contributed by atoms with Gasteiger partial charge in [0.1, 0.15) is 5.60 Å². The molecule has 0 aromatic carbocycles. The molecule has 1 saturated heterocycles. The highest BCUT2D eigenvalue weighted by atomic mass is 32.2. The summed E-state index contributed by atoms with van der Waals surface area (Å²) in [6, 6.07) is 1.89. The number of β-amino-alcohol motifs (C(OH)–C–C–N with tert-alkyl or cyclic N) is 1. The number of amides is 1. The summed E-state index contributed by atoms with van der Waals surface area (Å²) in [6.45, 7) is 5.67. The van der Waals surface area contributed by atoms with Gasteiger partial charge in [-0.25, -0.2) is 17.9 Å². The molecule has 132 valence electrons. The van der Waals surface area contributed by atoms with Gasteiger partial charge in [0.25, 0.3) is 0 Å². The first kappa shape index (κ1) is 19.7. The van der Waals surface area contributed by atoms with Crippen molar-refractivity contribution in [3.05, 3.63) is 0 Å². The van der Waals surface area contributed by atoms with E-state index in [1.54, 1.807) is 20.8 Å². The molecule has 9 heteroatoms. The molecule has 2 atom stereocenters. The molecular formula is C14H25N3O5S. The molecule has 0 saturated carbocycles. The molecule has 0 spiro atoms. The van der Waals surface area contributed by atoms with Crippen molar-refractivity contribution in [3.8, 4) is 6.07 Å². The molecule has 1 aliphatic heterocycles. The van der Waals surface area contributed by atoms with Crippen LogP contribution >= 0.6 is 0 Å². The SMILES string of the molecule is CC(C)(C)OC(=O)N1C[C@@H](CNS(=O)(=O)CCCC#N)[C@@H](O)C1. The Morgan fingerprint density at radius 1 is 1.43 bits per heavy atom. The molecule has 0 aromatic rings. The molecule has 0 radical (unpaired) electrons. The third-order valence-electron chi connectivity index (χ3n) is 3.33. The molecular weight excluding hydrogens is 322 g/mol. The van der Waals surface area contributed by atoms with E-state index < -0.39 is 27.8 Å². The summed E-state index contributed by atoms with van der Waals surface area (Å²) in [5.74, 6) is -0.507. The van der Waals surface area contributed by atoms with E-state index in [9.17, 15) is 18.3 Å². The maximum absolute atomic E-state index is 12.0. The number of aliphatic hydroxyl groups is 1. The molecule has 1 heterocycles. The van der Waals surface area contributed by atoms with Crippen molar-refractivity contribution in [2.24, 2.45) is 5.92 Å². The fourth-order valence-corrected chi connectivity index (χ4v) is 3.31. The number of aliphatic hydroxyl groups excluding tert-OH is 1. The van der Waals surface area contributed by atoms with Crippen molar-refractivity contribution in [1.82, 2.24) is 9.62 Å². The summed E-state index contributed by atoms with van der Waals surface area (Å²) in [7, 11) is -3.48. The molecule has 1 aliphatic rings. The van der Waals surface area contributed by atoms with E-state index in [4.69, 9.17) is 10.00 Å². The highest BCUT2D eigenvalue weighted by molar-refractivity contribution is 7.89. The summed E-state index contributed by atoms with van der Waals surface area (Å²) < 4.78 is 31.2. The van der Waals surface area contributed by atoms with Crippen molar-refractivity contribution in [3.63, 3.8) is 0 Å². The van der Waals surface area contributed by atoms with Crippen molar-refractivity contribution in [1.29, 1.82) is 5.26 Å². The van der Waals surface area contributed by atoms with Crippen molar-refractivity contribution < 1.29 is 23.1 Å². The zero-order chi connectivity index (χ0) is 17.7. The van der Waals surface area contributed by atoms with E-state index in [1.165, 1.54) is 4.90 Å². The predicted molar refractivity (Wildman–Crippen MR) is 83.9 cm³/mol. The summed E-state index contributed by atoms with van der Waals surface area (Å²) in [6.07, 6.45) is -0.872. The van der Waals surface area contributed by atoms with Gasteiger partial charge in [-0.2, -0.15) is 5.26 Å². The first-order chi connectivity index (χ1) is 10.5. The van der Waals surface area contributed by atoms with Crippen LogP contribution in [0.2, 0.25) is 0 Å². The molecule has 1 rings (SSSR count). The zero-order valence-electron chi connectivity index (χ0n) is 13.8. The van der Waals surface area contributed by atoms with Gasteiger partial charge >= 0.3 is 6.09 Å². The highest BCUT2D eigenvalue weighted by Crippen LogP contribution is 2.19. The van der Waals surface area contributed by atoms with Gasteiger partial charge in [-0.05, 0) is 27.2 Å². The quantitative estimate of drug-likeness (QED) is 0.673. The fourth-order valence-electron chi connectivity index (χ4n) is 2.18. The van der Waals surface area contributed by atoms with Crippen molar-refractivity contribution >= 4 is 16.1 Å². The van der Waals surface area contributed by atoms with E-state index >= 15 is 0 Å². The lowest BCUT2D eigenvalue weighted by Gasteiger charge is -2.24. The standard InChI is InChI=1S/C14H25N3O5S/c1-14(2,3)22-13(19)17-9-11(12(18)10-17)8-16-23(20,21)7-5-4-6-15/h11-12,16,18H,4-5,7-10H2,1-3H3/t11-,12+/m1/s1. The molecule has 2 N–H and O–H groups in total. The predicted octanol–water partition coefficient (Wildman–Crippen LogP) is 0.437. The number of nitrogens with one attached hydrogen (secondary N) is 1. The second-order valence-electron chi connectivity index (χ2n) is 6.64. The van der Waals surface area contributed by atoms with E-state index in [0.29, 0.717) is 0 Å². The van der Waals surface area contributed by atoms with Gasteiger partial charge in [-0.3, -0.25) is 0 Å². The Morgan fingerprint density at radius 2 is 2.09 bits per heavy atom. The third kappa shape index (κ3) is 7.16. The zero-order valence-corrected chi connectivity index (χ0v) is 14.6. The van der Waals surface area contributed by atoms with Crippen LogP contribution in [0.3, 0.4) is 0 Å². The Labute approximate surface area is 137 Å². The maximum atomic E-state index is 12.0. The lowest BCUT2D eigenvalue weighted by molar-refractivity contribution is 0.0270. The number of nitriles is 1. The lowest BCUT2D eigenvalue weighted by atomic mass is 10.1. The normalized spacial score (nSPS) is 22.0. The average molecular weight is 347 g/mol. The highest BCUT2D eigenvalue weighted by Gasteiger charge is 2.36. The van der Waals surface area contributed by atoms with Crippen LogP contribution in [0.1, 0.15) is 33.6 Å². The molecule has 0 aliphatic carbocycles. The smallest absolute Gasteiger partial charge is 0.410 e. The van der Waals surface area contributed by atoms with E-state index in [2.05, 4.69) is 4.72 Å². The number of likely N-dealkylation sites (tertiary alicyclic amines) is 1. The Kier molecular flexibility index (Phi) is 6.80. The maximum Gasteiger partial charge on any atom is 0.410 e. The molecule has 0 unspecified atom stereocenters. The average Bonchev–Trinajstić information content (AvgIpc) is 2.76. The number of rotatable bonds is 6.